The minimum absolute atomic E-state index is 0.174. The van der Waals surface area contributed by atoms with Crippen LogP contribution in [0.4, 0.5) is 0 Å². The van der Waals surface area contributed by atoms with Crippen LogP contribution in [-0.2, 0) is 12.0 Å². The number of rotatable bonds is 2. The first-order valence-corrected chi connectivity index (χ1v) is 9.84. The first-order valence-electron chi connectivity index (χ1n) is 8.76. The molecule has 2 aromatic heterocycles. The van der Waals surface area contributed by atoms with Crippen LogP contribution in [0.1, 0.15) is 50.1 Å². The first kappa shape index (κ1) is 17.3. The Bertz CT molecular complexity index is 1080. The molecule has 1 saturated carbocycles. The molecule has 4 nitrogen and oxygen atoms in total. The number of nitrogens with zero attached hydrogens (tertiary/aromatic N) is 3. The Morgan fingerprint density at radius 1 is 1.42 bits per heavy atom. The van der Waals surface area contributed by atoms with Gasteiger partial charge in [-0.25, -0.2) is 0 Å². The SMILES string of the molecule is CC1CC#Cc2cc(-c3cnc(C4(C)CC4)c(I)c3)c(C#N)c(=O)n2C1. The predicted octanol–water partition coefficient (Wildman–Crippen LogP) is 3.83. The fraction of sp³-hybridized carbons (Fsp3) is 0.381. The number of fused-ring (bicyclic) bond motifs is 1. The highest BCUT2D eigenvalue weighted by Crippen LogP contribution is 2.48. The average Bonchev–Trinajstić information content (AvgIpc) is 3.38. The largest absolute Gasteiger partial charge is 0.300 e. The zero-order valence-corrected chi connectivity index (χ0v) is 16.9. The van der Waals surface area contributed by atoms with Crippen molar-refractivity contribution in [2.45, 2.75) is 45.1 Å². The van der Waals surface area contributed by atoms with E-state index >= 15 is 0 Å². The van der Waals surface area contributed by atoms with Crippen molar-refractivity contribution in [1.82, 2.24) is 9.55 Å². The summed E-state index contributed by atoms with van der Waals surface area (Å²) in [5.74, 6) is 6.53. The lowest BCUT2D eigenvalue weighted by atomic mass is 9.99. The standard InChI is InChI=1S/C21H18IN3O/c1-13-4-3-5-15-9-16(17(10-23)20(26)25(15)12-13)14-8-18(22)19(24-11-14)21(2)6-7-21/h8-9,11,13H,4,6-7,12H2,1-2H3. The summed E-state index contributed by atoms with van der Waals surface area (Å²) in [6.07, 6.45) is 4.87. The van der Waals surface area contributed by atoms with Crippen molar-refractivity contribution in [2.75, 3.05) is 0 Å². The summed E-state index contributed by atoms with van der Waals surface area (Å²) in [5.41, 5.74) is 3.33. The quantitative estimate of drug-likeness (QED) is 0.511. The number of hydrogen-bond donors (Lipinski definition) is 0. The fourth-order valence-electron chi connectivity index (χ4n) is 3.41. The van der Waals surface area contributed by atoms with Crippen LogP contribution in [0.5, 0.6) is 0 Å². The first-order chi connectivity index (χ1) is 12.4. The predicted molar refractivity (Wildman–Crippen MR) is 109 cm³/mol. The molecule has 0 amide bonds. The van der Waals surface area contributed by atoms with Gasteiger partial charge in [0.05, 0.1) is 11.4 Å². The van der Waals surface area contributed by atoms with Gasteiger partial charge in [-0.05, 0) is 59.4 Å². The van der Waals surface area contributed by atoms with Gasteiger partial charge in [0.2, 0.25) is 0 Å². The van der Waals surface area contributed by atoms with Crippen LogP contribution in [-0.4, -0.2) is 9.55 Å². The molecule has 0 radical (unpaired) electrons. The molecule has 2 aliphatic rings. The van der Waals surface area contributed by atoms with Crippen LogP contribution in [0.15, 0.2) is 23.1 Å². The van der Waals surface area contributed by atoms with Gasteiger partial charge >= 0.3 is 0 Å². The number of hydrogen-bond acceptors (Lipinski definition) is 3. The fourth-order valence-corrected chi connectivity index (χ4v) is 4.54. The van der Waals surface area contributed by atoms with Crippen molar-refractivity contribution in [3.63, 3.8) is 0 Å². The van der Waals surface area contributed by atoms with Crippen LogP contribution in [0.25, 0.3) is 11.1 Å². The Hall–Kier alpha value is -2.12. The maximum Gasteiger partial charge on any atom is 0.270 e. The Morgan fingerprint density at radius 3 is 2.85 bits per heavy atom. The third-order valence-corrected chi connectivity index (χ3v) is 6.12. The van der Waals surface area contributed by atoms with E-state index in [4.69, 9.17) is 0 Å². The zero-order valence-electron chi connectivity index (χ0n) is 14.8. The van der Waals surface area contributed by atoms with E-state index in [0.29, 0.717) is 23.7 Å². The molecule has 3 heterocycles. The molecule has 0 saturated heterocycles. The molecule has 1 aliphatic heterocycles. The van der Waals surface area contributed by atoms with E-state index in [0.717, 1.165) is 34.1 Å². The maximum absolute atomic E-state index is 12.9. The second-order valence-electron chi connectivity index (χ2n) is 7.57. The second kappa shape index (κ2) is 6.25. The van der Waals surface area contributed by atoms with Gasteiger partial charge in [0, 0.05) is 39.3 Å². The van der Waals surface area contributed by atoms with E-state index in [9.17, 15) is 10.1 Å². The van der Waals surface area contributed by atoms with Crippen molar-refractivity contribution in [3.05, 3.63) is 49.2 Å². The van der Waals surface area contributed by atoms with Gasteiger partial charge in [-0.15, -0.1) is 0 Å². The molecule has 1 atom stereocenters. The van der Waals surface area contributed by atoms with E-state index in [-0.39, 0.29) is 16.5 Å². The number of halogens is 1. The van der Waals surface area contributed by atoms with Crippen LogP contribution < -0.4 is 5.56 Å². The molecule has 0 bridgehead atoms. The molecule has 0 spiro atoms. The summed E-state index contributed by atoms with van der Waals surface area (Å²) in [5, 5.41) is 9.64. The average molecular weight is 455 g/mol. The van der Waals surface area contributed by atoms with E-state index in [1.807, 2.05) is 12.1 Å². The van der Waals surface area contributed by atoms with E-state index in [2.05, 4.69) is 59.3 Å². The van der Waals surface area contributed by atoms with Crippen molar-refractivity contribution < 1.29 is 0 Å². The molecular formula is C21H18IN3O. The summed E-state index contributed by atoms with van der Waals surface area (Å²) < 4.78 is 2.73. The molecule has 1 aliphatic carbocycles. The highest BCUT2D eigenvalue weighted by molar-refractivity contribution is 14.1. The molecule has 1 fully saturated rings. The van der Waals surface area contributed by atoms with Crippen LogP contribution in [0.2, 0.25) is 0 Å². The number of pyridine rings is 2. The second-order valence-corrected chi connectivity index (χ2v) is 8.73. The summed E-state index contributed by atoms with van der Waals surface area (Å²) in [6.45, 7) is 4.87. The van der Waals surface area contributed by atoms with Crippen LogP contribution in [0.3, 0.4) is 0 Å². The topological polar surface area (TPSA) is 58.7 Å². The molecule has 0 N–H and O–H groups in total. The van der Waals surface area contributed by atoms with Crippen LogP contribution in [0, 0.1) is 32.7 Å². The summed E-state index contributed by atoms with van der Waals surface area (Å²) in [6, 6.07) is 6.02. The van der Waals surface area contributed by atoms with Gasteiger partial charge in [0.15, 0.2) is 0 Å². The maximum atomic E-state index is 12.9. The van der Waals surface area contributed by atoms with E-state index in [1.165, 1.54) is 0 Å². The Morgan fingerprint density at radius 2 is 2.19 bits per heavy atom. The smallest absolute Gasteiger partial charge is 0.270 e. The van der Waals surface area contributed by atoms with Crippen LogP contribution >= 0.6 is 22.6 Å². The summed E-state index contributed by atoms with van der Waals surface area (Å²) in [7, 11) is 0. The lowest BCUT2D eigenvalue weighted by Gasteiger charge is -2.15. The molecule has 2 aromatic rings. The molecule has 130 valence electrons. The Balaban J connectivity index is 1.89. The Labute approximate surface area is 166 Å². The van der Waals surface area contributed by atoms with Gasteiger partial charge in [0.1, 0.15) is 11.6 Å². The van der Waals surface area contributed by atoms with Gasteiger partial charge < -0.3 is 4.57 Å². The monoisotopic (exact) mass is 455 g/mol. The summed E-state index contributed by atoms with van der Waals surface area (Å²) in [4.78, 5) is 17.6. The van der Waals surface area contributed by atoms with Gasteiger partial charge in [-0.1, -0.05) is 19.8 Å². The molecule has 26 heavy (non-hydrogen) atoms. The third kappa shape index (κ3) is 2.85. The lowest BCUT2D eigenvalue weighted by Crippen LogP contribution is -2.27. The van der Waals surface area contributed by atoms with E-state index < -0.39 is 0 Å². The van der Waals surface area contributed by atoms with E-state index in [1.54, 1.807) is 10.8 Å². The molecule has 4 rings (SSSR count). The highest BCUT2D eigenvalue weighted by atomic mass is 127. The van der Waals surface area contributed by atoms with Crippen molar-refractivity contribution in [3.8, 4) is 29.0 Å². The normalized spacial score (nSPS) is 19.5. The Kier molecular flexibility index (Phi) is 4.16. The molecule has 5 heteroatoms. The minimum atomic E-state index is -0.253. The van der Waals surface area contributed by atoms with Crippen molar-refractivity contribution >= 4 is 22.6 Å². The van der Waals surface area contributed by atoms with Crippen molar-refractivity contribution in [2.24, 2.45) is 5.92 Å². The molecule has 0 aromatic carbocycles. The number of nitriles is 1. The lowest BCUT2D eigenvalue weighted by molar-refractivity contribution is 0.484. The molecule has 1 unspecified atom stereocenters. The zero-order chi connectivity index (χ0) is 18.5. The van der Waals surface area contributed by atoms with Gasteiger partial charge in [-0.2, -0.15) is 5.26 Å². The van der Waals surface area contributed by atoms with Gasteiger partial charge in [0.25, 0.3) is 5.56 Å². The van der Waals surface area contributed by atoms with Crippen molar-refractivity contribution in [1.29, 1.82) is 5.26 Å². The molecular weight excluding hydrogens is 437 g/mol. The third-order valence-electron chi connectivity index (χ3n) is 5.30. The minimum Gasteiger partial charge on any atom is -0.300 e. The highest BCUT2D eigenvalue weighted by Gasteiger charge is 2.41. The van der Waals surface area contributed by atoms with Gasteiger partial charge in [-0.3, -0.25) is 9.78 Å². The summed E-state index contributed by atoms with van der Waals surface area (Å²) >= 11 is 2.31. The number of aromatic nitrogens is 2.